The Balaban J connectivity index is 0.925. The fourth-order valence-electron chi connectivity index (χ4n) is 8.57. The lowest BCUT2D eigenvalue weighted by Gasteiger charge is -2.39. The molecule has 3 heterocycles. The molecule has 2 aromatic carbocycles. The first kappa shape index (κ1) is 34.6. The van der Waals surface area contributed by atoms with E-state index in [0.29, 0.717) is 0 Å². The van der Waals surface area contributed by atoms with Crippen molar-refractivity contribution in [1.82, 2.24) is 19.7 Å². The smallest absolute Gasteiger partial charge is 0.232 e. The third-order valence-electron chi connectivity index (χ3n) is 11.4. The van der Waals surface area contributed by atoms with E-state index in [1.54, 1.807) is 7.11 Å². The lowest BCUT2D eigenvalue weighted by molar-refractivity contribution is -0.123. The van der Waals surface area contributed by atoms with Crippen LogP contribution in [-0.4, -0.2) is 84.6 Å². The number of carbonyl (C=O) groups excluding carboxylic acids is 1. The van der Waals surface area contributed by atoms with Crippen LogP contribution in [0.15, 0.2) is 79.1 Å². The van der Waals surface area contributed by atoms with Gasteiger partial charge in [-0.2, -0.15) is 0 Å². The van der Waals surface area contributed by atoms with Crippen LogP contribution >= 0.6 is 0 Å². The van der Waals surface area contributed by atoms with Crippen LogP contribution in [0.2, 0.25) is 0 Å². The molecule has 3 fully saturated rings. The molecular formula is C41H57N5O2. The average molecular weight is 652 g/mol. The van der Waals surface area contributed by atoms with Gasteiger partial charge in [0.25, 0.3) is 0 Å². The van der Waals surface area contributed by atoms with Crippen LogP contribution in [-0.2, 0) is 16.8 Å². The van der Waals surface area contributed by atoms with E-state index in [0.717, 1.165) is 74.5 Å². The van der Waals surface area contributed by atoms with E-state index < -0.39 is 5.41 Å². The van der Waals surface area contributed by atoms with Crippen LogP contribution in [0, 0.1) is 11.8 Å². The van der Waals surface area contributed by atoms with Crippen molar-refractivity contribution in [2.75, 3.05) is 52.9 Å². The van der Waals surface area contributed by atoms with Crippen molar-refractivity contribution >= 4 is 5.91 Å². The minimum absolute atomic E-state index is 0.169. The fourth-order valence-corrected chi connectivity index (χ4v) is 8.57. The molecule has 1 aliphatic carbocycles. The van der Waals surface area contributed by atoms with Gasteiger partial charge in [0.05, 0.1) is 7.11 Å². The van der Waals surface area contributed by atoms with Crippen molar-refractivity contribution in [3.63, 3.8) is 0 Å². The number of amides is 1. The van der Waals surface area contributed by atoms with Gasteiger partial charge >= 0.3 is 0 Å². The minimum atomic E-state index is -0.798. The summed E-state index contributed by atoms with van der Waals surface area (Å²) in [6.45, 7) is 8.83. The van der Waals surface area contributed by atoms with Crippen molar-refractivity contribution in [2.24, 2.45) is 17.6 Å². The Bertz CT molecular complexity index is 1370. The summed E-state index contributed by atoms with van der Waals surface area (Å²) >= 11 is 0. The molecule has 7 heteroatoms. The molecule has 0 radical (unpaired) electrons. The number of likely N-dealkylation sites (tertiary alicyclic amines) is 2. The third kappa shape index (κ3) is 8.47. The maximum atomic E-state index is 13.4. The molecular weight excluding hydrogens is 594 g/mol. The number of benzene rings is 2. The van der Waals surface area contributed by atoms with Crippen LogP contribution in [0.25, 0.3) is 0 Å². The largest absolute Gasteiger partial charge is 0.496 e. The number of carbonyl (C=O) groups is 1. The van der Waals surface area contributed by atoms with Gasteiger partial charge < -0.3 is 20.3 Å². The standard InChI is InChI=1S/C41H57N5O2/c1-48-39-19-23-43-29-34(39)31-45-27-21-38(22-28-45)46(30-33-17-18-33)25-12-4-2-3-11-24-44-26-20-37(32-44)41(40(42)47,35-13-7-5-8-14-35)36-15-9-6-10-16-36/h5-10,13-16,19,23,29,33,37-38H,2-4,11-12,17-18,20-22,24-28,30-32H2,1H3,(H2,42,47)/t37-/m1/s1. The van der Waals surface area contributed by atoms with Gasteiger partial charge in [0.15, 0.2) is 0 Å². The van der Waals surface area contributed by atoms with Crippen molar-refractivity contribution < 1.29 is 9.53 Å². The third-order valence-corrected chi connectivity index (χ3v) is 11.4. The molecule has 258 valence electrons. The van der Waals surface area contributed by atoms with Crippen LogP contribution in [0.3, 0.4) is 0 Å². The molecule has 48 heavy (non-hydrogen) atoms. The maximum Gasteiger partial charge on any atom is 0.232 e. The Morgan fingerprint density at radius 3 is 2.15 bits per heavy atom. The molecule has 0 bridgehead atoms. The number of nitrogens with two attached hydrogens (primary N) is 1. The number of aromatic nitrogens is 1. The Hall–Kier alpha value is -3.26. The van der Waals surface area contributed by atoms with Gasteiger partial charge in [-0.25, -0.2) is 0 Å². The van der Waals surface area contributed by atoms with Gasteiger partial charge in [0.1, 0.15) is 11.2 Å². The summed E-state index contributed by atoms with van der Waals surface area (Å²) in [5.74, 6) is 1.81. The molecule has 6 rings (SSSR count). The fraction of sp³-hybridized carbons (Fsp3) is 0.561. The van der Waals surface area contributed by atoms with Gasteiger partial charge in [0, 0.05) is 43.6 Å². The molecule has 7 nitrogen and oxygen atoms in total. The van der Waals surface area contributed by atoms with Crippen molar-refractivity contribution in [2.45, 2.75) is 82.2 Å². The van der Waals surface area contributed by atoms with Gasteiger partial charge in [-0.1, -0.05) is 79.9 Å². The molecule has 2 aliphatic heterocycles. The van der Waals surface area contributed by atoms with E-state index in [1.807, 2.05) is 54.9 Å². The molecule has 1 atom stereocenters. The number of hydrogen-bond donors (Lipinski definition) is 1. The van der Waals surface area contributed by atoms with E-state index in [2.05, 4.69) is 43.9 Å². The highest BCUT2D eigenvalue weighted by molar-refractivity contribution is 5.91. The van der Waals surface area contributed by atoms with Crippen LogP contribution in [0.4, 0.5) is 0 Å². The topological polar surface area (TPSA) is 74.9 Å². The van der Waals surface area contributed by atoms with E-state index in [9.17, 15) is 4.79 Å². The number of piperidine rings is 1. The molecule has 1 saturated carbocycles. The number of pyridine rings is 1. The number of hydrogen-bond acceptors (Lipinski definition) is 6. The maximum absolute atomic E-state index is 13.4. The number of primary amides is 1. The summed E-state index contributed by atoms with van der Waals surface area (Å²) in [6, 6.07) is 23.1. The van der Waals surface area contributed by atoms with Crippen LogP contribution in [0.1, 0.15) is 80.9 Å². The van der Waals surface area contributed by atoms with Crippen LogP contribution in [0.5, 0.6) is 5.75 Å². The van der Waals surface area contributed by atoms with Crippen LogP contribution < -0.4 is 10.5 Å². The Morgan fingerprint density at radius 1 is 0.854 bits per heavy atom. The SMILES string of the molecule is COc1ccncc1CN1CCC(N(CCCCCCCN2CC[C@@H](C(C(N)=O)(c3ccccc3)c3ccccc3)C2)CC2CC2)CC1. The zero-order chi connectivity index (χ0) is 33.2. The molecule has 0 spiro atoms. The first-order valence-corrected chi connectivity index (χ1v) is 18.6. The molecule has 3 aromatic rings. The first-order chi connectivity index (χ1) is 23.6. The van der Waals surface area contributed by atoms with Gasteiger partial charge in [-0.3, -0.25) is 14.7 Å². The second-order valence-corrected chi connectivity index (χ2v) is 14.6. The average Bonchev–Trinajstić information content (AvgIpc) is 3.83. The first-order valence-electron chi connectivity index (χ1n) is 18.6. The second-order valence-electron chi connectivity index (χ2n) is 14.6. The summed E-state index contributed by atoms with van der Waals surface area (Å²) in [5, 5.41) is 0. The highest BCUT2D eigenvalue weighted by Gasteiger charge is 2.49. The highest BCUT2D eigenvalue weighted by Crippen LogP contribution is 2.43. The zero-order valence-electron chi connectivity index (χ0n) is 29.1. The monoisotopic (exact) mass is 651 g/mol. The number of nitrogens with zero attached hydrogens (tertiary/aromatic N) is 4. The quantitative estimate of drug-likeness (QED) is 0.158. The normalized spacial score (nSPS) is 19.6. The summed E-state index contributed by atoms with van der Waals surface area (Å²) < 4.78 is 5.56. The molecule has 2 N–H and O–H groups in total. The number of unbranched alkanes of at least 4 members (excludes halogenated alkanes) is 4. The number of rotatable bonds is 18. The number of ether oxygens (including phenoxy) is 1. The lowest BCUT2D eigenvalue weighted by Crippen LogP contribution is -2.49. The van der Waals surface area contributed by atoms with Crippen molar-refractivity contribution in [3.05, 3.63) is 95.8 Å². The Labute approximate surface area is 288 Å². The molecule has 1 aromatic heterocycles. The van der Waals surface area contributed by atoms with Gasteiger partial charge in [-0.05, 0) is 107 Å². The molecule has 2 saturated heterocycles. The predicted molar refractivity (Wildman–Crippen MR) is 194 cm³/mol. The lowest BCUT2D eigenvalue weighted by atomic mass is 9.64. The van der Waals surface area contributed by atoms with E-state index in [4.69, 9.17) is 10.5 Å². The van der Waals surface area contributed by atoms with Crippen molar-refractivity contribution in [1.29, 1.82) is 0 Å². The molecule has 0 unspecified atom stereocenters. The van der Waals surface area contributed by atoms with Gasteiger partial charge in [0.2, 0.25) is 5.91 Å². The molecule has 1 amide bonds. The van der Waals surface area contributed by atoms with E-state index in [1.165, 1.54) is 76.4 Å². The zero-order valence-corrected chi connectivity index (χ0v) is 29.1. The predicted octanol–water partition coefficient (Wildman–Crippen LogP) is 6.51. The summed E-state index contributed by atoms with van der Waals surface area (Å²) in [4.78, 5) is 25.7. The van der Waals surface area contributed by atoms with E-state index in [-0.39, 0.29) is 11.8 Å². The summed E-state index contributed by atoms with van der Waals surface area (Å²) in [5.41, 5.74) is 8.73. The molecule has 3 aliphatic rings. The summed E-state index contributed by atoms with van der Waals surface area (Å²) in [7, 11) is 1.75. The van der Waals surface area contributed by atoms with Gasteiger partial charge in [-0.15, -0.1) is 0 Å². The minimum Gasteiger partial charge on any atom is -0.496 e. The van der Waals surface area contributed by atoms with E-state index >= 15 is 0 Å². The summed E-state index contributed by atoms with van der Waals surface area (Å²) in [6.07, 6.45) is 16.5. The highest BCUT2D eigenvalue weighted by atomic mass is 16.5. The second kappa shape index (κ2) is 16.9. The Morgan fingerprint density at radius 2 is 1.50 bits per heavy atom. The van der Waals surface area contributed by atoms with Crippen molar-refractivity contribution in [3.8, 4) is 5.75 Å². The Kier molecular flexibility index (Phi) is 12.2. The number of methoxy groups -OCH3 is 1.